The van der Waals surface area contributed by atoms with Crippen molar-refractivity contribution in [3.05, 3.63) is 48.5 Å². The van der Waals surface area contributed by atoms with E-state index in [9.17, 15) is 4.39 Å². The molecule has 0 saturated carbocycles. The fraction of sp³-hybridized carbons (Fsp3) is 0.391. The van der Waals surface area contributed by atoms with Crippen molar-refractivity contribution in [3.63, 3.8) is 0 Å². The average Bonchev–Trinajstić information content (AvgIpc) is 3.53. The molecule has 0 unspecified atom stereocenters. The van der Waals surface area contributed by atoms with E-state index in [0.717, 1.165) is 39.0 Å². The minimum atomic E-state index is -0.252. The monoisotopic (exact) mass is 464 g/mol. The molecule has 2 aliphatic heterocycles. The second-order valence-electron chi connectivity index (χ2n) is 8.81. The summed E-state index contributed by atoms with van der Waals surface area (Å²) in [6.07, 6.45) is 3.72. The van der Waals surface area contributed by atoms with Gasteiger partial charge in [-0.2, -0.15) is 19.5 Å². The van der Waals surface area contributed by atoms with Crippen molar-refractivity contribution < 1.29 is 13.5 Å². The number of aromatic nitrogens is 5. The molecule has 1 aromatic carbocycles. The summed E-state index contributed by atoms with van der Waals surface area (Å²) in [7, 11) is 0. The zero-order valence-corrected chi connectivity index (χ0v) is 18.5. The zero-order chi connectivity index (χ0) is 23.1. The molecule has 6 rings (SSSR count). The highest BCUT2D eigenvalue weighted by atomic mass is 19.1. The lowest BCUT2D eigenvalue weighted by Gasteiger charge is -2.46. The van der Waals surface area contributed by atoms with Gasteiger partial charge >= 0.3 is 0 Å². The largest absolute Gasteiger partial charge is 0.493 e. The maximum atomic E-state index is 13.1. The number of benzene rings is 1. The van der Waals surface area contributed by atoms with Crippen molar-refractivity contribution in [1.82, 2.24) is 29.5 Å². The molecule has 0 bridgehead atoms. The fourth-order valence-electron chi connectivity index (χ4n) is 4.77. The highest BCUT2D eigenvalue weighted by Gasteiger charge is 2.34. The first-order chi connectivity index (χ1) is 16.6. The van der Waals surface area contributed by atoms with Gasteiger partial charge in [-0.25, -0.2) is 4.39 Å². The molecule has 2 N–H and O–H groups in total. The van der Waals surface area contributed by atoms with Gasteiger partial charge < -0.3 is 19.8 Å². The first-order valence-electron chi connectivity index (χ1n) is 11.4. The predicted molar refractivity (Wildman–Crippen MR) is 123 cm³/mol. The molecule has 2 aliphatic rings. The third kappa shape index (κ3) is 4.03. The van der Waals surface area contributed by atoms with Crippen LogP contribution in [0.15, 0.2) is 47.1 Å². The Labute approximate surface area is 195 Å². The van der Waals surface area contributed by atoms with Crippen LogP contribution in [0.2, 0.25) is 0 Å². The smallest absolute Gasteiger partial charge is 0.259 e. The van der Waals surface area contributed by atoms with Crippen LogP contribution in [0.4, 0.5) is 16.3 Å². The second kappa shape index (κ2) is 8.56. The van der Waals surface area contributed by atoms with Crippen LogP contribution < -0.4 is 15.4 Å². The maximum absolute atomic E-state index is 13.1. The number of anilines is 2. The number of nitrogens with two attached hydrogens (primary N) is 1. The molecule has 2 atom stereocenters. The Morgan fingerprint density at radius 3 is 2.76 bits per heavy atom. The summed E-state index contributed by atoms with van der Waals surface area (Å²) in [4.78, 5) is 18.3. The van der Waals surface area contributed by atoms with E-state index in [1.807, 2.05) is 0 Å². The lowest BCUT2D eigenvalue weighted by molar-refractivity contribution is 0.0725. The van der Waals surface area contributed by atoms with Crippen LogP contribution in [-0.4, -0.2) is 68.3 Å². The van der Waals surface area contributed by atoms with Crippen LogP contribution in [0.5, 0.6) is 5.75 Å². The molecule has 0 aliphatic carbocycles. The Morgan fingerprint density at radius 2 is 1.94 bits per heavy atom. The Bertz CT molecular complexity index is 1280. The summed E-state index contributed by atoms with van der Waals surface area (Å²) in [6, 6.07) is 10.2. The molecule has 176 valence electrons. The number of nitrogen functional groups attached to an aromatic ring is 1. The summed E-state index contributed by atoms with van der Waals surface area (Å²) in [5, 5.41) is 4.36. The Morgan fingerprint density at radius 1 is 1.06 bits per heavy atom. The summed E-state index contributed by atoms with van der Waals surface area (Å²) in [5.74, 6) is 3.11. The number of fused-ring (bicyclic) bond motifs is 2. The number of nitrogens with zero attached hydrogens (tertiary/aromatic N) is 7. The van der Waals surface area contributed by atoms with Gasteiger partial charge in [-0.1, -0.05) is 0 Å². The number of hydrogen-bond donors (Lipinski definition) is 1. The number of piperidine rings is 1. The van der Waals surface area contributed by atoms with Gasteiger partial charge in [-0.05, 0) is 49.2 Å². The molecule has 2 saturated heterocycles. The summed E-state index contributed by atoms with van der Waals surface area (Å²) in [5.41, 5.74) is 6.18. The minimum Gasteiger partial charge on any atom is -0.493 e. The maximum Gasteiger partial charge on any atom is 0.259 e. The van der Waals surface area contributed by atoms with Crippen molar-refractivity contribution in [3.8, 4) is 17.3 Å². The molecule has 0 amide bonds. The van der Waals surface area contributed by atoms with Gasteiger partial charge in [0.1, 0.15) is 11.6 Å². The lowest BCUT2D eigenvalue weighted by Crippen LogP contribution is -2.57. The molecule has 5 heterocycles. The molecule has 11 heteroatoms. The van der Waals surface area contributed by atoms with E-state index in [1.165, 1.54) is 16.6 Å². The quantitative estimate of drug-likeness (QED) is 0.476. The summed E-state index contributed by atoms with van der Waals surface area (Å²) >= 11 is 0. The van der Waals surface area contributed by atoms with Crippen LogP contribution >= 0.6 is 0 Å². The van der Waals surface area contributed by atoms with Crippen molar-refractivity contribution in [2.75, 3.05) is 43.4 Å². The molecular weight excluding hydrogens is 439 g/mol. The van der Waals surface area contributed by atoms with Crippen molar-refractivity contribution in [1.29, 1.82) is 0 Å². The van der Waals surface area contributed by atoms with Crippen molar-refractivity contribution >= 4 is 17.7 Å². The number of halogens is 1. The highest BCUT2D eigenvalue weighted by Crippen LogP contribution is 2.28. The van der Waals surface area contributed by atoms with Crippen molar-refractivity contribution in [2.24, 2.45) is 5.92 Å². The zero-order valence-electron chi connectivity index (χ0n) is 18.5. The number of rotatable bonds is 5. The van der Waals surface area contributed by atoms with E-state index >= 15 is 0 Å². The first-order valence-corrected chi connectivity index (χ1v) is 11.4. The number of hydrogen-bond acceptors (Lipinski definition) is 9. The van der Waals surface area contributed by atoms with Crippen LogP contribution in [0.25, 0.3) is 17.4 Å². The molecule has 0 spiro atoms. The Kier molecular flexibility index (Phi) is 5.25. The lowest BCUT2D eigenvalue weighted by atomic mass is 9.91. The molecule has 3 aromatic heterocycles. The summed E-state index contributed by atoms with van der Waals surface area (Å²) < 4.78 is 25.8. The first kappa shape index (κ1) is 20.8. The number of ether oxygens (including phenoxy) is 1. The predicted octanol–water partition coefficient (Wildman–Crippen LogP) is 2.48. The molecule has 4 aromatic rings. The van der Waals surface area contributed by atoms with Gasteiger partial charge in [-0.3, -0.25) is 4.90 Å². The van der Waals surface area contributed by atoms with Gasteiger partial charge in [0.2, 0.25) is 17.7 Å². The van der Waals surface area contributed by atoms with Crippen LogP contribution in [0.1, 0.15) is 12.8 Å². The third-order valence-electron chi connectivity index (χ3n) is 6.55. The van der Waals surface area contributed by atoms with E-state index in [2.05, 4.69) is 29.9 Å². The van der Waals surface area contributed by atoms with Gasteiger partial charge in [0.05, 0.1) is 12.9 Å². The van der Waals surface area contributed by atoms with Crippen molar-refractivity contribution in [2.45, 2.75) is 18.9 Å². The fourth-order valence-corrected chi connectivity index (χ4v) is 4.77. The Balaban J connectivity index is 1.11. The van der Waals surface area contributed by atoms with Crippen LogP contribution in [0.3, 0.4) is 0 Å². The van der Waals surface area contributed by atoms with Crippen LogP contribution in [0, 0.1) is 11.7 Å². The molecule has 2 fully saturated rings. The number of furan rings is 1. The number of piperazine rings is 1. The topological polar surface area (TPSA) is 111 Å². The van der Waals surface area contributed by atoms with E-state index < -0.39 is 0 Å². The molecule has 0 radical (unpaired) electrons. The van der Waals surface area contributed by atoms with E-state index in [1.54, 1.807) is 30.5 Å². The molecule has 10 nitrogen and oxygen atoms in total. The van der Waals surface area contributed by atoms with Gasteiger partial charge in [0.25, 0.3) is 5.78 Å². The van der Waals surface area contributed by atoms with E-state index in [-0.39, 0.29) is 11.8 Å². The van der Waals surface area contributed by atoms with E-state index in [0.29, 0.717) is 47.6 Å². The highest BCUT2D eigenvalue weighted by molar-refractivity contribution is 5.53. The third-order valence-corrected chi connectivity index (χ3v) is 6.55. The normalized spacial score (nSPS) is 21.0. The SMILES string of the molecule is Nc1nc(N2CCN3C[C@H](COc4ccc(F)cc4)CC[C@H]3C2)nc2nc(-c3ccco3)nn12. The molecule has 34 heavy (non-hydrogen) atoms. The summed E-state index contributed by atoms with van der Waals surface area (Å²) in [6.45, 7) is 4.17. The molecular formula is C23H25FN8O2. The van der Waals surface area contributed by atoms with Crippen LogP contribution in [-0.2, 0) is 0 Å². The van der Waals surface area contributed by atoms with Gasteiger partial charge in [0.15, 0.2) is 5.76 Å². The minimum absolute atomic E-state index is 0.245. The standard InChI is InChI=1S/C23H25FN8O2/c24-16-4-7-18(8-5-16)34-14-15-3-6-17-13-31(10-9-30(17)12-15)22-27-21(25)32-23(28-22)26-20(29-32)19-2-1-11-33-19/h1-2,4-5,7-8,11,15,17H,3,6,9-10,12-14H2,(H2,25,26,27,28,29)/t15-,17+/m1/s1. The Hall–Kier alpha value is -3.73. The second-order valence-corrected chi connectivity index (χ2v) is 8.81. The van der Waals surface area contributed by atoms with E-state index in [4.69, 9.17) is 14.9 Å². The van der Waals surface area contributed by atoms with Gasteiger partial charge in [0, 0.05) is 38.1 Å². The average molecular weight is 465 g/mol. The van der Waals surface area contributed by atoms with Gasteiger partial charge in [-0.15, -0.1) is 5.10 Å².